The van der Waals surface area contributed by atoms with Gasteiger partial charge in [0, 0.05) is 18.8 Å². The van der Waals surface area contributed by atoms with Crippen LogP contribution < -0.4 is 5.73 Å². The normalized spacial score (nSPS) is 16.7. The Balaban J connectivity index is 3.39. The molecule has 0 radical (unpaired) electrons. The Kier molecular flexibility index (Phi) is 5.64. The third kappa shape index (κ3) is 8.48. The van der Waals surface area contributed by atoms with Gasteiger partial charge in [0.05, 0.1) is 6.61 Å². The molecule has 0 heterocycles. The van der Waals surface area contributed by atoms with Crippen LogP contribution in [0.5, 0.6) is 0 Å². The van der Waals surface area contributed by atoms with Crippen molar-refractivity contribution in [3.63, 3.8) is 0 Å². The van der Waals surface area contributed by atoms with Crippen LogP contribution in [0.15, 0.2) is 0 Å². The second kappa shape index (κ2) is 5.69. The van der Waals surface area contributed by atoms with Gasteiger partial charge in [-0.2, -0.15) is 0 Å². The van der Waals surface area contributed by atoms with Gasteiger partial charge in [-0.05, 0) is 25.2 Å². The highest BCUT2D eigenvalue weighted by atomic mass is 16.5. The van der Waals surface area contributed by atoms with E-state index in [1.54, 1.807) is 0 Å². The van der Waals surface area contributed by atoms with E-state index < -0.39 is 5.54 Å². The van der Waals surface area contributed by atoms with Crippen molar-refractivity contribution in [1.82, 2.24) is 0 Å². The quantitative estimate of drug-likeness (QED) is 0.644. The second-order valence-electron chi connectivity index (χ2n) is 5.49. The van der Waals surface area contributed by atoms with Gasteiger partial charge >= 0.3 is 0 Å². The summed E-state index contributed by atoms with van der Waals surface area (Å²) in [5.41, 5.74) is 5.58. The van der Waals surface area contributed by atoms with Crippen molar-refractivity contribution in [3.8, 4) is 0 Å². The predicted molar refractivity (Wildman–Crippen MR) is 59.2 cm³/mol. The summed E-state index contributed by atoms with van der Waals surface area (Å²) in [6.07, 6.45) is 1.75. The molecule has 0 fully saturated rings. The molecule has 0 saturated carbocycles. The van der Waals surface area contributed by atoms with Gasteiger partial charge in [-0.1, -0.05) is 20.8 Å². The Bertz CT molecular complexity index is 150. The molecular weight excluding hydrogens is 178 g/mol. The van der Waals surface area contributed by atoms with Gasteiger partial charge in [0.1, 0.15) is 0 Å². The number of hydrogen-bond donors (Lipinski definition) is 2. The van der Waals surface area contributed by atoms with Crippen LogP contribution in [0.2, 0.25) is 0 Å². The average Bonchev–Trinajstić information content (AvgIpc) is 2.01. The highest BCUT2D eigenvalue weighted by molar-refractivity contribution is 4.76. The Labute approximate surface area is 87.6 Å². The molecule has 0 aromatic carbocycles. The predicted octanol–water partition coefficient (Wildman–Crippen LogP) is 1.54. The first kappa shape index (κ1) is 13.9. The van der Waals surface area contributed by atoms with Crippen LogP contribution in [0.4, 0.5) is 0 Å². The summed E-state index contributed by atoms with van der Waals surface area (Å²) in [5, 5.41) is 8.90. The van der Waals surface area contributed by atoms with Crippen LogP contribution in [0.1, 0.15) is 40.5 Å². The molecule has 14 heavy (non-hydrogen) atoms. The number of nitrogens with two attached hydrogens (primary N) is 1. The smallest absolute Gasteiger partial charge is 0.0609 e. The van der Waals surface area contributed by atoms with Crippen molar-refractivity contribution in [3.05, 3.63) is 0 Å². The van der Waals surface area contributed by atoms with Crippen LogP contribution in [0.3, 0.4) is 0 Å². The number of ether oxygens (including phenoxy) is 1. The second-order valence-corrected chi connectivity index (χ2v) is 5.49. The van der Waals surface area contributed by atoms with E-state index in [2.05, 4.69) is 20.8 Å². The van der Waals surface area contributed by atoms with Crippen LogP contribution in [-0.4, -0.2) is 30.5 Å². The molecule has 0 rings (SSSR count). The van der Waals surface area contributed by atoms with Crippen LogP contribution in [0, 0.1) is 5.41 Å². The number of aliphatic hydroxyl groups is 1. The summed E-state index contributed by atoms with van der Waals surface area (Å²) in [7, 11) is 0. The van der Waals surface area contributed by atoms with Gasteiger partial charge in [-0.25, -0.2) is 0 Å². The minimum Gasteiger partial charge on any atom is -0.394 e. The maximum absolute atomic E-state index is 8.90. The molecule has 0 saturated heterocycles. The number of aliphatic hydroxyl groups excluding tert-OH is 1. The lowest BCUT2D eigenvalue weighted by Crippen LogP contribution is -2.41. The molecule has 0 amide bonds. The molecular formula is C11H25NO2. The van der Waals surface area contributed by atoms with Gasteiger partial charge in [0.2, 0.25) is 0 Å². The molecule has 1 atom stereocenters. The Morgan fingerprint density at radius 3 is 2.00 bits per heavy atom. The van der Waals surface area contributed by atoms with Crippen LogP contribution in [0.25, 0.3) is 0 Å². The van der Waals surface area contributed by atoms with Crippen molar-refractivity contribution in [2.45, 2.75) is 46.1 Å². The number of hydrogen-bond acceptors (Lipinski definition) is 3. The van der Waals surface area contributed by atoms with Gasteiger partial charge in [0.25, 0.3) is 0 Å². The van der Waals surface area contributed by atoms with E-state index in [-0.39, 0.29) is 6.61 Å². The maximum Gasteiger partial charge on any atom is 0.0609 e. The fourth-order valence-corrected chi connectivity index (χ4v) is 0.865. The van der Waals surface area contributed by atoms with Crippen molar-refractivity contribution in [2.75, 3.05) is 19.8 Å². The molecule has 0 aliphatic carbocycles. The zero-order valence-electron chi connectivity index (χ0n) is 9.97. The first-order valence-electron chi connectivity index (χ1n) is 5.24. The largest absolute Gasteiger partial charge is 0.394 e. The van der Waals surface area contributed by atoms with E-state index in [0.29, 0.717) is 18.4 Å². The molecule has 3 nitrogen and oxygen atoms in total. The molecule has 0 bridgehead atoms. The van der Waals surface area contributed by atoms with E-state index in [1.807, 2.05) is 6.92 Å². The lowest BCUT2D eigenvalue weighted by Gasteiger charge is -2.22. The zero-order chi connectivity index (χ0) is 11.2. The van der Waals surface area contributed by atoms with Crippen LogP contribution in [-0.2, 0) is 4.74 Å². The molecule has 0 aliphatic rings. The van der Waals surface area contributed by atoms with Gasteiger partial charge < -0.3 is 15.6 Å². The van der Waals surface area contributed by atoms with E-state index >= 15 is 0 Å². The van der Waals surface area contributed by atoms with Gasteiger partial charge in [-0.3, -0.25) is 0 Å². The van der Waals surface area contributed by atoms with E-state index in [0.717, 1.165) is 13.0 Å². The van der Waals surface area contributed by atoms with E-state index in [9.17, 15) is 0 Å². The minimum absolute atomic E-state index is 0.00955. The molecule has 0 aromatic rings. The average molecular weight is 203 g/mol. The fourth-order valence-electron chi connectivity index (χ4n) is 0.865. The molecule has 0 spiro atoms. The lowest BCUT2D eigenvalue weighted by molar-refractivity contribution is 0.0833. The highest BCUT2D eigenvalue weighted by Crippen LogP contribution is 2.18. The van der Waals surface area contributed by atoms with E-state index in [1.165, 1.54) is 0 Å². The van der Waals surface area contributed by atoms with Crippen molar-refractivity contribution < 1.29 is 9.84 Å². The maximum atomic E-state index is 8.90. The summed E-state index contributed by atoms with van der Waals surface area (Å²) in [6.45, 7) is 9.82. The van der Waals surface area contributed by atoms with Gasteiger partial charge in [-0.15, -0.1) is 0 Å². The van der Waals surface area contributed by atoms with Crippen LogP contribution >= 0.6 is 0 Å². The molecule has 86 valence electrons. The topological polar surface area (TPSA) is 55.5 Å². The summed E-state index contributed by atoms with van der Waals surface area (Å²) in [5.74, 6) is 0. The van der Waals surface area contributed by atoms with Crippen molar-refractivity contribution in [2.24, 2.45) is 11.1 Å². The molecule has 0 aromatic heterocycles. The summed E-state index contributed by atoms with van der Waals surface area (Å²) < 4.78 is 5.46. The van der Waals surface area contributed by atoms with E-state index in [4.69, 9.17) is 15.6 Å². The zero-order valence-corrected chi connectivity index (χ0v) is 9.97. The Morgan fingerprint density at radius 2 is 1.57 bits per heavy atom. The minimum atomic E-state index is -0.498. The monoisotopic (exact) mass is 203 g/mol. The van der Waals surface area contributed by atoms with Crippen molar-refractivity contribution >= 4 is 0 Å². The third-order valence-corrected chi connectivity index (χ3v) is 2.18. The first-order chi connectivity index (χ1) is 6.27. The standard InChI is InChI=1S/C11H25NO2/c1-10(2,3)5-7-14-8-6-11(4,12)9-13/h13H,5-9,12H2,1-4H3. The summed E-state index contributed by atoms with van der Waals surface area (Å²) in [4.78, 5) is 0. The Morgan fingerprint density at radius 1 is 1.07 bits per heavy atom. The fraction of sp³-hybridized carbons (Fsp3) is 1.00. The molecule has 3 N–H and O–H groups in total. The first-order valence-corrected chi connectivity index (χ1v) is 5.24. The summed E-state index contributed by atoms with van der Waals surface area (Å²) in [6, 6.07) is 0. The Hall–Kier alpha value is -0.120. The number of rotatable bonds is 6. The third-order valence-electron chi connectivity index (χ3n) is 2.18. The molecule has 1 unspecified atom stereocenters. The lowest BCUT2D eigenvalue weighted by atomic mass is 9.93. The SMILES string of the molecule is CC(C)(C)CCOCCC(C)(N)CO. The molecule has 3 heteroatoms. The highest BCUT2D eigenvalue weighted by Gasteiger charge is 2.16. The van der Waals surface area contributed by atoms with Crippen molar-refractivity contribution in [1.29, 1.82) is 0 Å². The molecule has 0 aliphatic heterocycles. The van der Waals surface area contributed by atoms with Gasteiger partial charge in [0.15, 0.2) is 0 Å². The summed E-state index contributed by atoms with van der Waals surface area (Å²) >= 11 is 0.